The van der Waals surface area contributed by atoms with Gasteiger partial charge < -0.3 is 20.0 Å². The van der Waals surface area contributed by atoms with Gasteiger partial charge >= 0.3 is 0 Å². The molecule has 1 fully saturated rings. The predicted molar refractivity (Wildman–Crippen MR) is 160 cm³/mol. The van der Waals surface area contributed by atoms with Gasteiger partial charge in [-0.25, -0.2) is 4.98 Å². The number of rotatable bonds is 7. The van der Waals surface area contributed by atoms with Gasteiger partial charge in [0.2, 0.25) is 11.0 Å². The molecule has 1 aliphatic rings. The Hall–Kier alpha value is -4.51. The Balaban J connectivity index is 1.15. The third-order valence-corrected chi connectivity index (χ3v) is 7.90. The number of piperazine rings is 1. The highest BCUT2D eigenvalue weighted by atomic mass is 32.1. The Kier molecular flexibility index (Phi) is 7.04. The molecule has 3 aromatic heterocycles. The number of amides is 1. The third kappa shape index (κ3) is 5.07. The standard InChI is InChI=1S/C29H31N9OS/c1-20(28(39)36-15-17-37(18-16-36)29-33-26(34-40-29)22-7-5-4-6-8-22)31-27-25(32-24-19-30-13-14-38(24)27)21-9-11-23(12-10-21)35(2)3/h4-14,19-20,31H,15-18H2,1-3H3. The maximum Gasteiger partial charge on any atom is 0.244 e. The Bertz CT molecular complexity index is 1610. The predicted octanol–water partition coefficient (Wildman–Crippen LogP) is 4.13. The first-order valence-electron chi connectivity index (χ1n) is 13.3. The summed E-state index contributed by atoms with van der Waals surface area (Å²) in [5.74, 6) is 1.57. The molecule has 204 valence electrons. The number of nitrogens with zero attached hydrogens (tertiary/aromatic N) is 8. The van der Waals surface area contributed by atoms with E-state index in [9.17, 15) is 4.79 Å². The molecule has 0 aliphatic carbocycles. The summed E-state index contributed by atoms with van der Waals surface area (Å²) >= 11 is 1.40. The number of imidazole rings is 1. The van der Waals surface area contributed by atoms with Gasteiger partial charge in [0.15, 0.2) is 11.5 Å². The highest BCUT2D eigenvalue weighted by Gasteiger charge is 2.28. The molecule has 0 bridgehead atoms. The number of anilines is 3. The summed E-state index contributed by atoms with van der Waals surface area (Å²) in [5.41, 5.74) is 4.59. The molecular weight excluding hydrogens is 522 g/mol. The van der Waals surface area contributed by atoms with Crippen LogP contribution in [0.3, 0.4) is 0 Å². The summed E-state index contributed by atoms with van der Waals surface area (Å²) in [6.45, 7) is 4.59. The molecule has 10 nitrogen and oxygen atoms in total. The Morgan fingerprint density at radius 3 is 2.45 bits per heavy atom. The van der Waals surface area contributed by atoms with Crippen molar-refractivity contribution in [2.45, 2.75) is 13.0 Å². The van der Waals surface area contributed by atoms with Crippen LogP contribution in [0.2, 0.25) is 0 Å². The number of benzene rings is 2. The fourth-order valence-electron chi connectivity index (χ4n) is 4.87. The van der Waals surface area contributed by atoms with E-state index in [0.717, 1.165) is 44.9 Å². The molecule has 1 amide bonds. The topological polar surface area (TPSA) is 94.8 Å². The Morgan fingerprint density at radius 2 is 1.73 bits per heavy atom. The van der Waals surface area contributed by atoms with Gasteiger partial charge in [0, 0.05) is 81.0 Å². The second-order valence-electron chi connectivity index (χ2n) is 10.00. The highest BCUT2D eigenvalue weighted by Crippen LogP contribution is 2.31. The minimum Gasteiger partial charge on any atom is -0.378 e. The molecular formula is C29H31N9OS. The van der Waals surface area contributed by atoms with Crippen molar-refractivity contribution in [3.05, 3.63) is 73.2 Å². The van der Waals surface area contributed by atoms with E-state index in [2.05, 4.69) is 48.7 Å². The molecule has 11 heteroatoms. The maximum atomic E-state index is 13.5. The van der Waals surface area contributed by atoms with E-state index >= 15 is 0 Å². The normalized spacial score (nSPS) is 14.4. The van der Waals surface area contributed by atoms with Crippen LogP contribution in [0.4, 0.5) is 16.6 Å². The number of carbonyl (C=O) groups excluding carboxylic acids is 1. The number of hydrogen-bond acceptors (Lipinski definition) is 9. The minimum absolute atomic E-state index is 0.0554. The van der Waals surface area contributed by atoms with E-state index in [1.807, 2.05) is 66.8 Å². The molecule has 1 atom stereocenters. The Morgan fingerprint density at radius 1 is 0.975 bits per heavy atom. The molecule has 5 aromatic rings. The van der Waals surface area contributed by atoms with E-state index in [-0.39, 0.29) is 5.91 Å². The molecule has 1 unspecified atom stereocenters. The molecule has 1 saturated heterocycles. The van der Waals surface area contributed by atoms with Gasteiger partial charge in [-0.2, -0.15) is 9.36 Å². The molecule has 0 spiro atoms. The summed E-state index contributed by atoms with van der Waals surface area (Å²) in [6.07, 6.45) is 5.32. The minimum atomic E-state index is -0.439. The van der Waals surface area contributed by atoms with Gasteiger partial charge in [0.1, 0.15) is 17.6 Å². The van der Waals surface area contributed by atoms with E-state index in [1.54, 1.807) is 12.4 Å². The molecule has 6 rings (SSSR count). The number of carbonyl (C=O) groups is 1. The molecule has 1 aliphatic heterocycles. The van der Waals surface area contributed by atoms with Crippen molar-refractivity contribution in [2.75, 3.05) is 55.4 Å². The SMILES string of the molecule is CC(Nc1c(-c2ccc(N(C)C)cc2)nc2cnccn12)C(=O)N1CCN(c2nc(-c3ccccc3)ns2)CC1. The van der Waals surface area contributed by atoms with Crippen molar-refractivity contribution >= 4 is 39.7 Å². The average Bonchev–Trinajstić information content (AvgIpc) is 3.63. The first-order chi connectivity index (χ1) is 19.5. The zero-order valence-corrected chi connectivity index (χ0v) is 23.5. The van der Waals surface area contributed by atoms with Crippen LogP contribution in [-0.2, 0) is 4.79 Å². The Labute approximate surface area is 237 Å². The van der Waals surface area contributed by atoms with Crippen molar-refractivity contribution in [3.8, 4) is 22.6 Å². The lowest BCUT2D eigenvalue weighted by atomic mass is 10.1. The quantitative estimate of drug-likeness (QED) is 0.322. The summed E-state index contributed by atoms with van der Waals surface area (Å²) in [6, 6.07) is 17.8. The molecule has 1 N–H and O–H groups in total. The second-order valence-corrected chi connectivity index (χ2v) is 10.7. The summed E-state index contributed by atoms with van der Waals surface area (Å²) < 4.78 is 6.49. The first kappa shape index (κ1) is 25.8. The van der Waals surface area contributed by atoms with Gasteiger partial charge in [-0.05, 0) is 19.1 Å². The zero-order chi connectivity index (χ0) is 27.6. The van der Waals surface area contributed by atoms with Crippen LogP contribution in [0.1, 0.15) is 6.92 Å². The number of fused-ring (bicyclic) bond motifs is 1. The van der Waals surface area contributed by atoms with E-state index in [0.29, 0.717) is 26.2 Å². The second kappa shape index (κ2) is 10.9. The van der Waals surface area contributed by atoms with Crippen molar-refractivity contribution in [1.82, 2.24) is 28.6 Å². The lowest BCUT2D eigenvalue weighted by Crippen LogP contribution is -2.52. The maximum absolute atomic E-state index is 13.5. The van der Waals surface area contributed by atoms with Gasteiger partial charge in [-0.1, -0.05) is 42.5 Å². The van der Waals surface area contributed by atoms with Gasteiger partial charge in [-0.15, -0.1) is 0 Å². The van der Waals surface area contributed by atoms with Crippen LogP contribution in [0, 0.1) is 0 Å². The molecule has 0 saturated carbocycles. The molecule has 4 heterocycles. The van der Waals surface area contributed by atoms with Crippen molar-refractivity contribution in [1.29, 1.82) is 0 Å². The van der Waals surface area contributed by atoms with Crippen LogP contribution in [0.5, 0.6) is 0 Å². The van der Waals surface area contributed by atoms with Gasteiger partial charge in [0.05, 0.1) is 6.20 Å². The van der Waals surface area contributed by atoms with Gasteiger partial charge in [-0.3, -0.25) is 14.2 Å². The van der Waals surface area contributed by atoms with Crippen LogP contribution >= 0.6 is 11.5 Å². The summed E-state index contributed by atoms with van der Waals surface area (Å²) in [7, 11) is 4.03. The van der Waals surface area contributed by atoms with Crippen molar-refractivity contribution in [3.63, 3.8) is 0 Å². The third-order valence-electron chi connectivity index (χ3n) is 7.12. The monoisotopic (exact) mass is 553 g/mol. The first-order valence-corrected chi connectivity index (χ1v) is 14.0. The molecule has 0 radical (unpaired) electrons. The fraction of sp³-hybridized carbons (Fsp3) is 0.276. The van der Waals surface area contributed by atoms with E-state index in [1.165, 1.54) is 11.5 Å². The van der Waals surface area contributed by atoms with Crippen LogP contribution in [0.25, 0.3) is 28.3 Å². The zero-order valence-electron chi connectivity index (χ0n) is 22.7. The van der Waals surface area contributed by atoms with E-state index < -0.39 is 6.04 Å². The van der Waals surface area contributed by atoms with Gasteiger partial charge in [0.25, 0.3) is 0 Å². The number of hydrogen-bond donors (Lipinski definition) is 1. The summed E-state index contributed by atoms with van der Waals surface area (Å²) in [4.78, 5) is 33.5. The van der Waals surface area contributed by atoms with Crippen molar-refractivity contribution in [2.24, 2.45) is 0 Å². The molecule has 40 heavy (non-hydrogen) atoms. The van der Waals surface area contributed by atoms with Crippen LogP contribution in [0.15, 0.2) is 73.2 Å². The summed E-state index contributed by atoms with van der Waals surface area (Å²) in [5, 5.41) is 4.36. The fourth-order valence-corrected chi connectivity index (χ4v) is 5.61. The van der Waals surface area contributed by atoms with Crippen molar-refractivity contribution < 1.29 is 4.79 Å². The van der Waals surface area contributed by atoms with E-state index in [4.69, 9.17) is 9.97 Å². The number of aromatic nitrogens is 5. The molecule has 2 aromatic carbocycles. The lowest BCUT2D eigenvalue weighted by molar-refractivity contribution is -0.131. The van der Waals surface area contributed by atoms with Crippen LogP contribution < -0.4 is 15.1 Å². The van der Waals surface area contributed by atoms with Crippen LogP contribution in [-0.4, -0.2) is 80.8 Å². The largest absolute Gasteiger partial charge is 0.378 e. The average molecular weight is 554 g/mol. The highest BCUT2D eigenvalue weighted by molar-refractivity contribution is 7.09. The smallest absolute Gasteiger partial charge is 0.244 e. The number of nitrogens with one attached hydrogen (secondary N) is 1. The lowest BCUT2D eigenvalue weighted by Gasteiger charge is -2.35.